The summed E-state index contributed by atoms with van der Waals surface area (Å²) in [6.07, 6.45) is 3.40. The maximum absolute atomic E-state index is 14.0. The number of fused-ring (bicyclic) bond motifs is 1. The third-order valence-electron chi connectivity index (χ3n) is 3.85. The van der Waals surface area contributed by atoms with Gasteiger partial charge < -0.3 is 11.5 Å². The fraction of sp³-hybridized carbons (Fsp3) is 0.0588. The summed E-state index contributed by atoms with van der Waals surface area (Å²) < 4.78 is 15.5. The number of halogens is 1. The summed E-state index contributed by atoms with van der Waals surface area (Å²) in [6.45, 7) is 0. The summed E-state index contributed by atoms with van der Waals surface area (Å²) in [5, 5.41) is 4.53. The number of hydrogen-bond acceptors (Lipinski definition) is 6. The molecule has 7 nitrogen and oxygen atoms in total. The van der Waals surface area contributed by atoms with E-state index < -0.39 is 0 Å². The highest BCUT2D eigenvalue weighted by Crippen LogP contribution is 2.22. The Balaban J connectivity index is 1.87. The summed E-state index contributed by atoms with van der Waals surface area (Å²) in [7, 11) is 0. The molecule has 0 saturated heterocycles. The maximum Gasteiger partial charge on any atom is 0.253 e. The molecule has 0 aliphatic rings. The lowest BCUT2D eigenvalue weighted by Gasteiger charge is -2.03. The Morgan fingerprint density at radius 1 is 1.04 bits per heavy atom. The van der Waals surface area contributed by atoms with Gasteiger partial charge in [0.05, 0.1) is 23.1 Å². The Labute approximate surface area is 142 Å². The molecule has 0 unspecified atom stereocenters. The molecule has 0 bridgehead atoms. The van der Waals surface area contributed by atoms with Crippen molar-refractivity contribution in [3.05, 3.63) is 65.9 Å². The van der Waals surface area contributed by atoms with Crippen LogP contribution >= 0.6 is 0 Å². The molecule has 4 aromatic rings. The number of hydrogen-bond donors (Lipinski definition) is 2. The van der Waals surface area contributed by atoms with Gasteiger partial charge in [-0.25, -0.2) is 9.37 Å². The lowest BCUT2D eigenvalue weighted by Crippen LogP contribution is -2.07. The molecule has 0 radical (unpaired) electrons. The number of nitrogens with zero attached hydrogens (tertiary/aromatic N) is 5. The zero-order valence-electron chi connectivity index (χ0n) is 13.1. The molecule has 4 rings (SSSR count). The van der Waals surface area contributed by atoms with Crippen molar-refractivity contribution < 1.29 is 4.39 Å². The first-order valence-corrected chi connectivity index (χ1v) is 7.58. The molecule has 0 amide bonds. The maximum atomic E-state index is 14.0. The highest BCUT2D eigenvalue weighted by molar-refractivity contribution is 5.79. The Bertz CT molecular complexity index is 1070. The predicted molar refractivity (Wildman–Crippen MR) is 92.5 cm³/mol. The van der Waals surface area contributed by atoms with Crippen molar-refractivity contribution in [2.45, 2.75) is 6.42 Å². The summed E-state index contributed by atoms with van der Waals surface area (Å²) in [6, 6.07) is 10.2. The van der Waals surface area contributed by atoms with Crippen LogP contribution in [0.4, 0.5) is 15.9 Å². The molecule has 124 valence electrons. The van der Waals surface area contributed by atoms with Crippen molar-refractivity contribution in [3.8, 4) is 5.95 Å². The van der Waals surface area contributed by atoms with Crippen LogP contribution in [-0.4, -0.2) is 24.7 Å². The Kier molecular flexibility index (Phi) is 3.50. The fourth-order valence-electron chi connectivity index (χ4n) is 2.60. The number of rotatable bonds is 3. The fourth-order valence-corrected chi connectivity index (χ4v) is 2.60. The summed E-state index contributed by atoms with van der Waals surface area (Å²) in [5.74, 6) is 0.173. The van der Waals surface area contributed by atoms with E-state index in [9.17, 15) is 4.39 Å². The number of nitrogen functional groups attached to an aromatic ring is 2. The van der Waals surface area contributed by atoms with Crippen LogP contribution in [0.15, 0.2) is 48.8 Å². The SMILES string of the molecule is Nc1cnc(-n2nc(Cc3ccccc3F)c3ncccc32)nc1N. The molecule has 4 N–H and O–H groups in total. The van der Waals surface area contributed by atoms with Gasteiger partial charge in [0.2, 0.25) is 0 Å². The zero-order valence-corrected chi connectivity index (χ0v) is 13.1. The van der Waals surface area contributed by atoms with Gasteiger partial charge in [0.1, 0.15) is 11.3 Å². The third kappa shape index (κ3) is 2.63. The standard InChI is InChI=1S/C17H14FN7/c18-11-5-2-1-4-10(11)8-13-15-14(6-3-7-21-15)25(24-13)17-22-9-12(19)16(20)23-17/h1-7,9H,8,19H2,(H2,20,22,23). The Hall–Kier alpha value is -3.55. The molecule has 0 fully saturated rings. The number of anilines is 2. The van der Waals surface area contributed by atoms with E-state index in [0.717, 1.165) is 0 Å². The molecule has 0 atom stereocenters. The van der Waals surface area contributed by atoms with E-state index in [1.165, 1.54) is 16.9 Å². The highest BCUT2D eigenvalue weighted by atomic mass is 19.1. The van der Waals surface area contributed by atoms with Crippen LogP contribution in [0.2, 0.25) is 0 Å². The van der Waals surface area contributed by atoms with Crippen molar-refractivity contribution in [2.75, 3.05) is 11.5 Å². The van der Waals surface area contributed by atoms with Gasteiger partial charge >= 0.3 is 0 Å². The average molecular weight is 335 g/mol. The van der Waals surface area contributed by atoms with Gasteiger partial charge in [-0.2, -0.15) is 14.8 Å². The van der Waals surface area contributed by atoms with Gasteiger partial charge in [0.15, 0.2) is 5.82 Å². The van der Waals surface area contributed by atoms with Gasteiger partial charge in [0.25, 0.3) is 5.95 Å². The zero-order chi connectivity index (χ0) is 17.4. The van der Waals surface area contributed by atoms with Crippen LogP contribution in [0.3, 0.4) is 0 Å². The van der Waals surface area contributed by atoms with E-state index in [1.54, 1.807) is 30.5 Å². The number of pyridine rings is 1. The third-order valence-corrected chi connectivity index (χ3v) is 3.85. The molecule has 25 heavy (non-hydrogen) atoms. The van der Waals surface area contributed by atoms with Crippen molar-refractivity contribution in [2.24, 2.45) is 0 Å². The first-order valence-electron chi connectivity index (χ1n) is 7.58. The molecule has 8 heteroatoms. The van der Waals surface area contributed by atoms with Gasteiger partial charge in [-0.3, -0.25) is 4.98 Å². The minimum atomic E-state index is -0.283. The topological polar surface area (TPSA) is 109 Å². The van der Waals surface area contributed by atoms with Crippen LogP contribution in [0, 0.1) is 5.82 Å². The first-order chi connectivity index (χ1) is 12.1. The second kappa shape index (κ2) is 5.82. The summed E-state index contributed by atoms with van der Waals surface area (Å²) in [5.41, 5.74) is 14.3. The number of nitrogens with two attached hydrogens (primary N) is 2. The molecule has 3 aromatic heterocycles. The van der Waals surface area contributed by atoms with Crippen LogP contribution < -0.4 is 11.5 Å². The van der Waals surface area contributed by atoms with Gasteiger partial charge in [0, 0.05) is 12.6 Å². The molecule has 3 heterocycles. The minimum absolute atomic E-state index is 0.174. The van der Waals surface area contributed by atoms with Gasteiger partial charge in [-0.15, -0.1) is 0 Å². The minimum Gasteiger partial charge on any atom is -0.394 e. The molecule has 0 aliphatic heterocycles. The predicted octanol–water partition coefficient (Wildman–Crippen LogP) is 2.10. The lowest BCUT2D eigenvalue weighted by atomic mass is 10.1. The molecule has 0 aliphatic carbocycles. The van der Waals surface area contributed by atoms with E-state index in [-0.39, 0.29) is 17.6 Å². The molecule has 0 spiro atoms. The lowest BCUT2D eigenvalue weighted by molar-refractivity contribution is 0.613. The van der Waals surface area contributed by atoms with Gasteiger partial charge in [-0.05, 0) is 23.8 Å². The van der Waals surface area contributed by atoms with E-state index in [4.69, 9.17) is 11.5 Å². The average Bonchev–Trinajstić information content (AvgIpc) is 2.98. The Morgan fingerprint density at radius 3 is 2.68 bits per heavy atom. The normalized spacial score (nSPS) is 11.1. The van der Waals surface area contributed by atoms with Gasteiger partial charge in [-0.1, -0.05) is 18.2 Å². The molecule has 0 saturated carbocycles. The van der Waals surface area contributed by atoms with E-state index in [2.05, 4.69) is 20.1 Å². The van der Waals surface area contributed by atoms with Crippen molar-refractivity contribution in [1.29, 1.82) is 0 Å². The van der Waals surface area contributed by atoms with Crippen molar-refractivity contribution in [3.63, 3.8) is 0 Å². The van der Waals surface area contributed by atoms with E-state index in [1.807, 2.05) is 6.07 Å². The smallest absolute Gasteiger partial charge is 0.253 e. The van der Waals surface area contributed by atoms with Crippen LogP contribution in [-0.2, 0) is 6.42 Å². The largest absolute Gasteiger partial charge is 0.394 e. The second-order valence-corrected chi connectivity index (χ2v) is 5.51. The highest BCUT2D eigenvalue weighted by Gasteiger charge is 2.16. The number of benzene rings is 1. The number of aromatic nitrogens is 5. The first kappa shape index (κ1) is 15.0. The van der Waals surface area contributed by atoms with E-state index >= 15 is 0 Å². The summed E-state index contributed by atoms with van der Waals surface area (Å²) in [4.78, 5) is 12.7. The quantitative estimate of drug-likeness (QED) is 0.593. The second-order valence-electron chi connectivity index (χ2n) is 5.51. The summed E-state index contributed by atoms with van der Waals surface area (Å²) >= 11 is 0. The van der Waals surface area contributed by atoms with E-state index in [0.29, 0.717) is 34.4 Å². The van der Waals surface area contributed by atoms with Crippen LogP contribution in [0.5, 0.6) is 0 Å². The Morgan fingerprint density at radius 2 is 1.88 bits per heavy atom. The molecular weight excluding hydrogens is 321 g/mol. The van der Waals surface area contributed by atoms with Crippen molar-refractivity contribution >= 4 is 22.5 Å². The van der Waals surface area contributed by atoms with Crippen LogP contribution in [0.1, 0.15) is 11.3 Å². The molecule has 1 aromatic carbocycles. The molecular formula is C17H14FN7. The monoisotopic (exact) mass is 335 g/mol. The van der Waals surface area contributed by atoms with Crippen LogP contribution in [0.25, 0.3) is 17.0 Å². The van der Waals surface area contributed by atoms with Crippen molar-refractivity contribution in [1.82, 2.24) is 24.7 Å².